The molecule has 2 saturated heterocycles. The number of nitrogens with two attached hydrogens (primary N) is 1. The average Bonchev–Trinajstić information content (AvgIpc) is 0.766. The summed E-state index contributed by atoms with van der Waals surface area (Å²) in [5.74, 6) is -20.9. The number of aliphatic carboxylic acids is 2. The van der Waals surface area contributed by atoms with Gasteiger partial charge < -0.3 is 122 Å². The lowest BCUT2D eigenvalue weighted by atomic mass is 9.84. The van der Waals surface area contributed by atoms with Crippen molar-refractivity contribution in [3.05, 3.63) is 152 Å². The molecule has 6 aromatic rings. The molecule has 616 valence electrons. The van der Waals surface area contributed by atoms with E-state index in [1.165, 1.54) is 26.0 Å². The van der Waals surface area contributed by atoms with Crippen LogP contribution in [-0.4, -0.2) is 195 Å². The van der Waals surface area contributed by atoms with Crippen molar-refractivity contribution in [2.24, 2.45) is 23.5 Å². The van der Waals surface area contributed by atoms with Gasteiger partial charge in [-0.2, -0.15) is 0 Å². The number of Topliss-reactive ketones (excluding diaryl/α,β-unsaturated/α-hetero) is 2. The van der Waals surface area contributed by atoms with Crippen LogP contribution in [0.1, 0.15) is 137 Å². The predicted molar refractivity (Wildman–Crippen MR) is 404 cm³/mol. The number of carbonyl (C=O) groups is 9. The van der Waals surface area contributed by atoms with Crippen LogP contribution in [0.3, 0.4) is 0 Å². The van der Waals surface area contributed by atoms with Gasteiger partial charge in [-0.15, -0.1) is 0 Å². The summed E-state index contributed by atoms with van der Waals surface area (Å²) in [6.45, 7) is 6.86. The van der Waals surface area contributed by atoms with Gasteiger partial charge in [-0.25, -0.2) is 9.59 Å². The minimum atomic E-state index is -2.28. The third-order valence-electron chi connectivity index (χ3n) is 20.9. The van der Waals surface area contributed by atoms with Gasteiger partial charge in [0.15, 0.2) is 47.6 Å². The minimum Gasteiger partial charge on any atom is -0.508 e. The number of benzene rings is 6. The molecule has 11 bridgehead atoms. The van der Waals surface area contributed by atoms with E-state index in [2.05, 4.69) is 26.6 Å². The van der Waals surface area contributed by atoms with Gasteiger partial charge in [-0.3, -0.25) is 33.6 Å². The number of carboxylic acid groups (broad SMARTS) is 2. The molecule has 18 N–H and O–H groups in total. The predicted octanol–water partition coefficient (Wildman–Crippen LogP) is 5.47. The van der Waals surface area contributed by atoms with E-state index < -0.39 is 268 Å². The molecule has 0 aliphatic carbocycles. The molecule has 15 unspecified atom stereocenters. The molecule has 13 rings (SSSR count). The fourth-order valence-electron chi connectivity index (χ4n) is 14.7. The molecule has 0 spiro atoms. The Morgan fingerprint density at radius 3 is 1.96 bits per heavy atom. The summed E-state index contributed by atoms with van der Waals surface area (Å²) in [5, 5.41) is 139. The molecule has 7 heterocycles. The van der Waals surface area contributed by atoms with E-state index in [1.807, 2.05) is 13.8 Å². The van der Waals surface area contributed by atoms with Gasteiger partial charge in [0.05, 0.1) is 47.3 Å². The second-order valence-electron chi connectivity index (χ2n) is 29.6. The van der Waals surface area contributed by atoms with Crippen LogP contribution in [0.15, 0.2) is 103 Å². The summed E-state index contributed by atoms with van der Waals surface area (Å²) in [6, 6.07) is 11.7. The molecule has 6 aromatic carbocycles. The number of ketones is 2. The maximum Gasteiger partial charge on any atom is 0.334 e. The lowest BCUT2D eigenvalue weighted by molar-refractivity contribution is -0.334. The Morgan fingerprint density at radius 1 is 0.713 bits per heavy atom. The van der Waals surface area contributed by atoms with Crippen molar-refractivity contribution < 1.29 is 132 Å². The second-order valence-corrected chi connectivity index (χ2v) is 30.9. The van der Waals surface area contributed by atoms with Crippen molar-refractivity contribution in [1.29, 1.82) is 0 Å². The van der Waals surface area contributed by atoms with E-state index in [1.54, 1.807) is 31.2 Å². The molecule has 7 aliphatic rings. The molecule has 2 fully saturated rings. The zero-order valence-corrected chi connectivity index (χ0v) is 64.6. The van der Waals surface area contributed by atoms with Crippen LogP contribution >= 0.6 is 34.8 Å². The lowest BCUT2D eigenvalue weighted by Gasteiger charge is -2.48. The number of fused-ring (bicyclic) bond motifs is 15. The highest BCUT2D eigenvalue weighted by Crippen LogP contribution is 2.51. The number of primary amides is 1. The Kier molecular flexibility index (Phi) is 27.0. The molecule has 36 heteroatoms. The number of nitrogens with one attached hydrogen (secondary N) is 5. The first kappa shape index (κ1) is 86.0. The molecule has 7 aliphatic heterocycles. The van der Waals surface area contributed by atoms with Gasteiger partial charge >= 0.3 is 11.9 Å². The maximum absolute atomic E-state index is 16.3. The number of ether oxygens (including phenoxy) is 7. The zero-order chi connectivity index (χ0) is 83.5. The number of phenols is 3. The number of hydrogen-bond donors (Lipinski definition) is 17. The summed E-state index contributed by atoms with van der Waals surface area (Å²) in [6.07, 6.45) is -22.7. The summed E-state index contributed by atoms with van der Waals surface area (Å²) in [7, 11) is 0. The molecule has 19 atom stereocenters. The molecular weight excluding hydrogens is 1570 g/mol. The zero-order valence-electron chi connectivity index (χ0n) is 62.3. The Hall–Kier alpha value is -9.82. The van der Waals surface area contributed by atoms with E-state index >= 15 is 19.2 Å². The third kappa shape index (κ3) is 19.3. The van der Waals surface area contributed by atoms with Crippen molar-refractivity contribution in [3.63, 3.8) is 0 Å². The van der Waals surface area contributed by atoms with Crippen molar-refractivity contribution in [2.45, 2.75) is 183 Å². The third-order valence-corrected chi connectivity index (χ3v) is 21.7. The molecule has 115 heavy (non-hydrogen) atoms. The number of carbonyl (C=O) groups excluding carboxylic acids is 7. The summed E-state index contributed by atoms with van der Waals surface area (Å²) in [5.41, 5.74) is 2.31. The first-order chi connectivity index (χ1) is 54.4. The number of amides is 5. The van der Waals surface area contributed by atoms with Gasteiger partial charge in [0.1, 0.15) is 77.4 Å². The highest BCUT2D eigenvalue weighted by Gasteiger charge is 2.53. The number of aliphatic hydroxyl groups excluding tert-OH is 6. The fraction of sp³-hybridized carbons (Fsp3) is 0.430. The molecule has 0 saturated carbocycles. The van der Waals surface area contributed by atoms with E-state index in [-0.39, 0.29) is 52.8 Å². The van der Waals surface area contributed by atoms with Crippen LogP contribution in [0.25, 0.3) is 11.1 Å². The largest absolute Gasteiger partial charge is 0.508 e. The number of phenolic OH excluding ortho intramolecular Hbond substituents is 3. The Morgan fingerprint density at radius 2 is 1.36 bits per heavy atom. The average molecular weight is 1660 g/mol. The van der Waals surface area contributed by atoms with Crippen LogP contribution < -0.4 is 46.5 Å². The Labute approximate surface area is 671 Å². The first-order valence-corrected chi connectivity index (χ1v) is 37.9. The van der Waals surface area contributed by atoms with E-state index in [4.69, 9.17) is 73.7 Å². The Balaban J connectivity index is 1.11. The molecule has 33 nitrogen and oxygen atoms in total. The lowest BCUT2D eigenvalue weighted by Crippen LogP contribution is -2.66. The number of rotatable bonds is 20. The van der Waals surface area contributed by atoms with Gasteiger partial charge in [-0.1, -0.05) is 85.9 Å². The van der Waals surface area contributed by atoms with Crippen molar-refractivity contribution in [2.75, 3.05) is 13.2 Å². The summed E-state index contributed by atoms with van der Waals surface area (Å²) in [4.78, 5) is 131. The molecular formula is C79H87Cl3N6O27. The fourth-order valence-corrected chi connectivity index (χ4v) is 15.3. The number of hydrogen-bond acceptors (Lipinski definition) is 26. The van der Waals surface area contributed by atoms with E-state index in [0.717, 1.165) is 66.7 Å². The first-order valence-electron chi connectivity index (χ1n) is 36.7. The quantitative estimate of drug-likeness (QED) is 0.0450. The maximum atomic E-state index is 16.3. The van der Waals surface area contributed by atoms with Crippen molar-refractivity contribution >= 4 is 87.8 Å². The standard InChI is InChI=1S/C79H87Cl3N6O27/c1-6-35(17-32(2)3)72(101)87-63-50(93)21-40(24-58(83)95)73(102)85-61-39-22-54(111-52-15-10-37(65(63)96)19-46(52)81)69(115-78-70(68(99)67(98)57(30-89)113-78)114-59-28-79(5,71(100)33(4)110-59)84-29-56(76(105)106)109-31-34-7-12-41(80)13-8-34)55(23-39)112-53-16-11-38(20-47(53)82)66(97)64-75(104)86-62(77(107)108)45-25-42(90)26-49(92)60(45)44-18-36(9-14-48(44)91)43(27-51(61)94)74(103)88-64/h7-16,18-20,22-23,25-26,32-33,35,40,43,56-57,59,61-68,70-71,78,84,89-92,96-100H,6,17,21,24,27-31H2,1-5H3,(H2,83,95)(H,85,102)(H,86,104)(H,87,101)(H,88,103)(H,105,106)(H,107,108)/t33?,35-,40?,43?,56?,57?,59?,61?,62?,63-,64+,65?,66-,67?,68?,70?,71?,78?,79?/m1/s1. The smallest absolute Gasteiger partial charge is 0.334 e. The van der Waals surface area contributed by atoms with Crippen LogP contribution in [0, 0.1) is 17.8 Å². The van der Waals surface area contributed by atoms with Crippen LogP contribution in [0.4, 0.5) is 0 Å². The normalized spacial score (nSPS) is 27.7. The van der Waals surface area contributed by atoms with Crippen LogP contribution in [0.5, 0.6) is 46.0 Å². The highest BCUT2D eigenvalue weighted by molar-refractivity contribution is 6.32. The van der Waals surface area contributed by atoms with E-state index in [0.29, 0.717) is 17.0 Å². The SMILES string of the molecule is CC[C@H](CC(C)C)C(=O)N[C@@H]1C(=O)CC(CC(N)=O)C(=O)NC2C(=O)CC3C(=O)N[C@H](C(=O)NC(C(=O)O)c4cc(O)cc(O)c4-c4cc3ccc4O)[C@H](O)c3ccc(c(Cl)c3)Oc3cc2cc(c3OC2OC(CO)C(O)C(O)C2OC2CC(C)(NCC(OCc3ccc(Cl)cc3)C(=O)O)C(O)C(C)O2)Oc2ccc(cc2Cl)C1O. The summed E-state index contributed by atoms with van der Waals surface area (Å²) < 4.78 is 45.0. The van der Waals surface area contributed by atoms with Gasteiger partial charge in [0.25, 0.3) is 0 Å². The number of aromatic hydroxyl groups is 3. The van der Waals surface area contributed by atoms with E-state index in [9.17, 15) is 80.1 Å². The Bertz CT molecular complexity index is 4710. The van der Waals surface area contributed by atoms with Crippen molar-refractivity contribution in [1.82, 2.24) is 26.6 Å². The topological polar surface area (TPSA) is 527 Å². The van der Waals surface area contributed by atoms with Crippen LogP contribution in [0.2, 0.25) is 15.1 Å². The molecule has 0 aromatic heterocycles. The second kappa shape index (κ2) is 36.1. The van der Waals surface area contributed by atoms with Gasteiger partial charge in [0.2, 0.25) is 41.6 Å². The number of carboxylic acids is 2. The molecule has 5 amide bonds. The highest BCUT2D eigenvalue weighted by atomic mass is 35.5. The summed E-state index contributed by atoms with van der Waals surface area (Å²) >= 11 is 20.4. The molecule has 0 radical (unpaired) electrons. The van der Waals surface area contributed by atoms with Crippen LogP contribution in [-0.2, 0) is 68.7 Å². The number of halogens is 3. The number of aliphatic hydroxyl groups is 6. The van der Waals surface area contributed by atoms with Gasteiger partial charge in [-0.05, 0) is 127 Å². The minimum absolute atomic E-state index is 0.0381. The van der Waals surface area contributed by atoms with Crippen molar-refractivity contribution in [3.8, 4) is 57.1 Å². The monoisotopic (exact) mass is 1660 g/mol. The van der Waals surface area contributed by atoms with Gasteiger partial charge in [0, 0.05) is 71.5 Å².